The smallest absolute Gasteiger partial charge is 0.418 e. The van der Waals surface area contributed by atoms with Crippen molar-refractivity contribution in [2.75, 3.05) is 43.9 Å². The standard InChI is InChI=1S/C22H26F3N5O2.C8H12FN/c1-11-19(22(23,24)25)14(6-18(26)27-11)17-7-16-15(10-32-17)20(29-21(28-16)31-2)30-8-12-3-4-13(5-12)9-30;9-5-7-4-8-2-1-3-10(8)6-7/h6,12-13,17H,3-5,7-10H2,1-2H3,(H2,26,27);5,8H,1-4,6H2/b;7-5-. The van der Waals surface area contributed by atoms with E-state index in [1.165, 1.54) is 58.7 Å². The van der Waals surface area contributed by atoms with Crippen LogP contribution >= 0.6 is 0 Å². The molecule has 8 nitrogen and oxygen atoms in total. The molecule has 1 saturated carbocycles. The number of ether oxygens (including phenoxy) is 2. The second kappa shape index (κ2) is 11.6. The molecule has 4 aliphatic heterocycles. The van der Waals surface area contributed by atoms with Gasteiger partial charge in [-0.05, 0) is 81.0 Å². The van der Waals surface area contributed by atoms with E-state index in [2.05, 4.69) is 24.8 Å². The number of aromatic nitrogens is 3. The Labute approximate surface area is 243 Å². The number of pyridine rings is 1. The highest BCUT2D eigenvalue weighted by atomic mass is 19.4. The largest absolute Gasteiger partial charge is 0.467 e. The molecule has 2 aromatic heterocycles. The summed E-state index contributed by atoms with van der Waals surface area (Å²) in [5.41, 5.74) is 7.29. The van der Waals surface area contributed by atoms with E-state index in [9.17, 15) is 17.6 Å². The Bertz CT molecular complexity index is 1330. The summed E-state index contributed by atoms with van der Waals surface area (Å²) < 4.78 is 64.8. The molecule has 4 atom stereocenters. The van der Waals surface area contributed by atoms with Gasteiger partial charge in [0.1, 0.15) is 11.6 Å². The quantitative estimate of drug-likeness (QED) is 0.466. The van der Waals surface area contributed by atoms with Gasteiger partial charge in [0, 0.05) is 37.7 Å². The molecule has 2 N–H and O–H groups in total. The molecule has 7 rings (SSSR count). The number of alkyl halides is 3. The van der Waals surface area contributed by atoms with Crippen LogP contribution in [0, 0.1) is 18.8 Å². The minimum Gasteiger partial charge on any atom is -0.467 e. The number of anilines is 2. The predicted octanol–water partition coefficient (Wildman–Crippen LogP) is 5.55. The summed E-state index contributed by atoms with van der Waals surface area (Å²) in [4.78, 5) is 17.6. The van der Waals surface area contributed by atoms with Crippen LogP contribution in [0.3, 0.4) is 0 Å². The maximum Gasteiger partial charge on any atom is 0.418 e. The second-order valence-electron chi connectivity index (χ2n) is 12.2. The van der Waals surface area contributed by atoms with Crippen LogP contribution in [0.25, 0.3) is 0 Å². The van der Waals surface area contributed by atoms with Crippen LogP contribution in [0.15, 0.2) is 18.0 Å². The normalized spacial score (nSPS) is 28.0. The van der Waals surface area contributed by atoms with Crippen molar-refractivity contribution in [1.29, 1.82) is 0 Å². The van der Waals surface area contributed by atoms with Gasteiger partial charge in [-0.1, -0.05) is 0 Å². The summed E-state index contributed by atoms with van der Waals surface area (Å²) in [6.07, 6.45) is 2.84. The van der Waals surface area contributed by atoms with Gasteiger partial charge in [0.05, 0.1) is 43.1 Å². The maximum atomic E-state index is 13.8. The van der Waals surface area contributed by atoms with Crippen molar-refractivity contribution in [3.8, 4) is 6.01 Å². The molecule has 3 saturated heterocycles. The van der Waals surface area contributed by atoms with Crippen LogP contribution in [0.5, 0.6) is 6.01 Å². The van der Waals surface area contributed by atoms with E-state index in [1.54, 1.807) is 0 Å². The minimum absolute atomic E-state index is 0.0108. The zero-order valence-electron chi connectivity index (χ0n) is 24.1. The van der Waals surface area contributed by atoms with E-state index < -0.39 is 17.8 Å². The Morgan fingerprint density at radius 1 is 1.10 bits per heavy atom. The number of hydrogen-bond donors (Lipinski definition) is 1. The number of nitrogens with two attached hydrogens (primary N) is 1. The number of aryl methyl sites for hydroxylation is 1. The summed E-state index contributed by atoms with van der Waals surface area (Å²) in [5.74, 6) is 2.12. The third-order valence-corrected chi connectivity index (χ3v) is 9.39. The van der Waals surface area contributed by atoms with Crippen molar-refractivity contribution >= 4 is 11.6 Å². The van der Waals surface area contributed by atoms with Crippen molar-refractivity contribution < 1.29 is 27.0 Å². The SMILES string of the molecule is COc1nc2c(c(N3CC4CCC(C4)C3)n1)COC(c1cc(N)nc(C)c1C(F)(F)F)C2.F/C=C1/CC2CCCN2C1. The fourth-order valence-electron chi connectivity index (χ4n) is 7.55. The van der Waals surface area contributed by atoms with Crippen LogP contribution in [0.2, 0.25) is 0 Å². The Kier molecular flexibility index (Phi) is 8.03. The molecule has 0 aromatic carbocycles. The summed E-state index contributed by atoms with van der Waals surface area (Å²) in [5, 5.41) is 0. The molecule has 1 aliphatic carbocycles. The molecule has 5 aliphatic rings. The predicted molar refractivity (Wildman–Crippen MR) is 150 cm³/mol. The number of piperidine rings is 1. The number of methoxy groups -OCH3 is 1. The maximum absolute atomic E-state index is 13.8. The van der Waals surface area contributed by atoms with Crippen molar-refractivity contribution in [3.63, 3.8) is 0 Å². The summed E-state index contributed by atoms with van der Waals surface area (Å²) >= 11 is 0. The van der Waals surface area contributed by atoms with E-state index in [0.29, 0.717) is 23.6 Å². The van der Waals surface area contributed by atoms with Gasteiger partial charge in [-0.25, -0.2) is 9.37 Å². The fourth-order valence-corrected chi connectivity index (χ4v) is 7.55. The van der Waals surface area contributed by atoms with Crippen LogP contribution in [-0.2, 0) is 23.9 Å². The van der Waals surface area contributed by atoms with Gasteiger partial charge >= 0.3 is 12.2 Å². The van der Waals surface area contributed by atoms with Gasteiger partial charge in [-0.2, -0.15) is 23.1 Å². The van der Waals surface area contributed by atoms with Gasteiger partial charge < -0.3 is 20.1 Å². The second-order valence-corrected chi connectivity index (χ2v) is 12.2. The fraction of sp³-hybridized carbons (Fsp3) is 0.633. The van der Waals surface area contributed by atoms with Gasteiger partial charge in [-0.3, -0.25) is 4.90 Å². The number of hydrogen-bond acceptors (Lipinski definition) is 8. The molecular weight excluding hydrogens is 552 g/mol. The van der Waals surface area contributed by atoms with Crippen LogP contribution in [0.4, 0.5) is 29.2 Å². The van der Waals surface area contributed by atoms with E-state index >= 15 is 0 Å². The van der Waals surface area contributed by atoms with E-state index in [-0.39, 0.29) is 36.1 Å². The Morgan fingerprint density at radius 2 is 1.86 bits per heavy atom. The minimum atomic E-state index is -4.56. The lowest BCUT2D eigenvalue weighted by Gasteiger charge is -2.36. The first-order valence-corrected chi connectivity index (χ1v) is 14.8. The summed E-state index contributed by atoms with van der Waals surface area (Å²) in [6, 6.07) is 2.16. The number of halogens is 4. The average Bonchev–Trinajstić information content (AvgIpc) is 3.65. The summed E-state index contributed by atoms with van der Waals surface area (Å²) in [6.45, 7) is 5.36. The molecule has 2 bridgehead atoms. The van der Waals surface area contributed by atoms with E-state index in [4.69, 9.17) is 15.2 Å². The van der Waals surface area contributed by atoms with Crippen molar-refractivity contribution in [2.24, 2.45) is 11.8 Å². The third kappa shape index (κ3) is 5.79. The van der Waals surface area contributed by atoms with Crippen molar-refractivity contribution in [3.05, 3.63) is 46.0 Å². The average molecular weight is 591 g/mol. The molecule has 0 amide bonds. The van der Waals surface area contributed by atoms with Gasteiger partial charge in [0.25, 0.3) is 0 Å². The number of nitrogen functional groups attached to an aromatic ring is 1. The molecule has 4 unspecified atom stereocenters. The molecule has 0 spiro atoms. The number of rotatable bonds is 3. The Balaban J connectivity index is 0.000000265. The highest BCUT2D eigenvalue weighted by Crippen LogP contribution is 2.44. The highest BCUT2D eigenvalue weighted by Gasteiger charge is 2.41. The molecule has 6 heterocycles. The number of fused-ring (bicyclic) bond motifs is 4. The topological polar surface area (TPSA) is 89.6 Å². The molecule has 2 aromatic rings. The molecule has 0 radical (unpaired) electrons. The molecule has 42 heavy (non-hydrogen) atoms. The third-order valence-electron chi connectivity index (χ3n) is 9.39. The number of nitrogens with zero attached hydrogens (tertiary/aromatic N) is 5. The van der Waals surface area contributed by atoms with Crippen molar-refractivity contribution in [2.45, 2.75) is 76.8 Å². The first kappa shape index (κ1) is 29.1. The summed E-state index contributed by atoms with van der Waals surface area (Å²) in [7, 11) is 1.50. The zero-order valence-corrected chi connectivity index (χ0v) is 24.1. The van der Waals surface area contributed by atoms with E-state index in [1.807, 2.05) is 0 Å². The first-order valence-electron chi connectivity index (χ1n) is 14.8. The van der Waals surface area contributed by atoms with Crippen LogP contribution in [0.1, 0.15) is 72.7 Å². The van der Waals surface area contributed by atoms with Gasteiger partial charge in [0.2, 0.25) is 0 Å². The van der Waals surface area contributed by atoms with Gasteiger partial charge in [-0.15, -0.1) is 0 Å². The molecule has 228 valence electrons. The lowest BCUT2D eigenvalue weighted by molar-refractivity contribution is -0.140. The Hall–Kier alpha value is -2.99. The highest BCUT2D eigenvalue weighted by molar-refractivity contribution is 5.52. The van der Waals surface area contributed by atoms with Crippen LogP contribution in [-0.4, -0.2) is 59.2 Å². The van der Waals surface area contributed by atoms with E-state index in [0.717, 1.165) is 49.3 Å². The first-order chi connectivity index (χ1) is 20.1. The Morgan fingerprint density at radius 3 is 2.52 bits per heavy atom. The lowest BCUT2D eigenvalue weighted by atomic mass is 9.94. The molecular formula is C30H38F4N6O2. The monoisotopic (exact) mass is 590 g/mol. The zero-order chi connectivity index (χ0) is 29.6. The van der Waals surface area contributed by atoms with Crippen molar-refractivity contribution in [1.82, 2.24) is 19.9 Å². The van der Waals surface area contributed by atoms with Crippen LogP contribution < -0.4 is 15.4 Å². The molecule has 4 fully saturated rings. The lowest BCUT2D eigenvalue weighted by Crippen LogP contribution is -2.38. The molecule has 12 heteroatoms. The van der Waals surface area contributed by atoms with Gasteiger partial charge in [0.15, 0.2) is 0 Å².